The number of carbonyl (C=O) groups excluding carboxylic acids is 2. The van der Waals surface area contributed by atoms with E-state index < -0.39 is 6.04 Å². The summed E-state index contributed by atoms with van der Waals surface area (Å²) in [6, 6.07) is 21.6. The van der Waals surface area contributed by atoms with Gasteiger partial charge in [-0.1, -0.05) is 44.2 Å². The number of fused-ring (bicyclic) bond motifs is 2. The van der Waals surface area contributed by atoms with Crippen LogP contribution in [0.25, 0.3) is 10.1 Å². The number of rotatable bonds is 6. The number of ether oxygens (including phenoxy) is 2. The van der Waals surface area contributed by atoms with Crippen molar-refractivity contribution in [1.82, 2.24) is 9.27 Å². The summed E-state index contributed by atoms with van der Waals surface area (Å²) >= 11 is 1.51. The highest BCUT2D eigenvalue weighted by molar-refractivity contribution is 7.13. The van der Waals surface area contributed by atoms with Gasteiger partial charge in [0.2, 0.25) is 5.91 Å². The maximum absolute atomic E-state index is 14.2. The van der Waals surface area contributed by atoms with Crippen LogP contribution in [-0.2, 0) is 9.59 Å². The number of carbonyl (C=O) groups is 2. The number of methoxy groups -OCH3 is 2. The fraction of sp³-hybridized carbons (Fsp3) is 0.361. The van der Waals surface area contributed by atoms with E-state index in [9.17, 15) is 9.59 Å². The molecule has 0 radical (unpaired) electrons. The van der Waals surface area contributed by atoms with Crippen molar-refractivity contribution in [3.05, 3.63) is 83.6 Å². The molecule has 9 nitrogen and oxygen atoms in total. The monoisotopic (exact) mass is 637 g/mol. The Bertz CT molecular complexity index is 1840. The summed E-state index contributed by atoms with van der Waals surface area (Å²) in [4.78, 5) is 34.6. The molecule has 238 valence electrons. The van der Waals surface area contributed by atoms with E-state index in [2.05, 4.69) is 41.1 Å². The van der Waals surface area contributed by atoms with Crippen LogP contribution < -0.4 is 24.6 Å². The number of anilines is 3. The van der Waals surface area contributed by atoms with Crippen molar-refractivity contribution < 1.29 is 19.1 Å². The highest BCUT2D eigenvalue weighted by Crippen LogP contribution is 2.49. The highest BCUT2D eigenvalue weighted by Gasteiger charge is 2.42. The lowest BCUT2D eigenvalue weighted by Gasteiger charge is -2.40. The molecule has 1 N–H and O–H groups in total. The standard InChI is InChI=1S/C36H39N5O4S/c1-36(2)20-26-33(28(42)21-36)34(23-13-14-29(44-3)30(19-23)45-4)41(27-11-7-6-10-25(27)37-26)22-32(43)39-15-17-40(18-16-39)35-24-9-5-8-12-31(24)46-38-35/h5-14,19,34,37H,15-18,20-22H2,1-4H3. The van der Waals surface area contributed by atoms with Crippen LogP contribution in [0.5, 0.6) is 11.5 Å². The van der Waals surface area contributed by atoms with Gasteiger partial charge in [0.05, 0.1) is 42.9 Å². The van der Waals surface area contributed by atoms with Gasteiger partial charge >= 0.3 is 0 Å². The summed E-state index contributed by atoms with van der Waals surface area (Å²) in [6.45, 7) is 6.99. The number of nitrogens with one attached hydrogen (secondary N) is 1. The van der Waals surface area contributed by atoms with E-state index in [1.54, 1.807) is 14.2 Å². The van der Waals surface area contributed by atoms with Crippen LogP contribution >= 0.6 is 11.5 Å². The second-order valence-corrected chi connectivity index (χ2v) is 13.8. The molecule has 1 atom stereocenters. The SMILES string of the molecule is COc1ccc(C2C3=C(CC(C)(C)CC3=O)Nc3ccccc3N2CC(=O)N2CCN(c3nsc4ccccc34)CC2)cc1OC. The maximum Gasteiger partial charge on any atom is 0.242 e. The Morgan fingerprint density at radius 1 is 0.957 bits per heavy atom. The zero-order chi connectivity index (χ0) is 32.0. The number of aromatic nitrogens is 1. The lowest BCUT2D eigenvalue weighted by atomic mass is 9.73. The van der Waals surface area contributed by atoms with Crippen LogP contribution in [0.15, 0.2) is 78.0 Å². The van der Waals surface area contributed by atoms with Crippen molar-refractivity contribution in [2.75, 3.05) is 62.1 Å². The molecule has 46 heavy (non-hydrogen) atoms. The molecule has 7 rings (SSSR count). The first-order valence-electron chi connectivity index (χ1n) is 15.7. The number of hydrogen-bond donors (Lipinski definition) is 1. The molecule has 1 amide bonds. The van der Waals surface area contributed by atoms with E-state index in [0.717, 1.165) is 40.3 Å². The molecule has 10 heteroatoms. The number of piperazine rings is 1. The average molecular weight is 638 g/mol. The lowest BCUT2D eigenvalue weighted by Crippen LogP contribution is -2.52. The van der Waals surface area contributed by atoms with Gasteiger partial charge in [0.1, 0.15) is 5.82 Å². The molecule has 0 spiro atoms. The summed E-state index contributed by atoms with van der Waals surface area (Å²) in [5.74, 6) is 2.29. The van der Waals surface area contributed by atoms with E-state index >= 15 is 0 Å². The molecule has 1 aromatic heterocycles. The van der Waals surface area contributed by atoms with Crippen LogP contribution in [0.4, 0.5) is 17.2 Å². The second kappa shape index (κ2) is 12.0. The first-order valence-corrected chi connectivity index (χ1v) is 16.5. The third-order valence-electron chi connectivity index (χ3n) is 9.32. The molecule has 1 saturated heterocycles. The van der Waals surface area contributed by atoms with E-state index in [4.69, 9.17) is 13.8 Å². The van der Waals surface area contributed by atoms with Crippen LogP contribution in [0, 0.1) is 5.41 Å². The highest BCUT2D eigenvalue weighted by atomic mass is 32.1. The van der Waals surface area contributed by atoms with Crippen molar-refractivity contribution in [2.24, 2.45) is 5.41 Å². The number of benzene rings is 3. The minimum atomic E-state index is -0.499. The molecule has 0 saturated carbocycles. The Morgan fingerprint density at radius 2 is 1.70 bits per heavy atom. The Hall–Kier alpha value is -4.57. The van der Waals surface area contributed by atoms with E-state index in [-0.39, 0.29) is 23.7 Å². The number of para-hydroxylation sites is 2. The Labute approximate surface area is 273 Å². The lowest BCUT2D eigenvalue weighted by molar-refractivity contribution is -0.130. The van der Waals surface area contributed by atoms with Gasteiger partial charge in [0, 0.05) is 49.3 Å². The van der Waals surface area contributed by atoms with E-state index in [0.29, 0.717) is 49.7 Å². The maximum atomic E-state index is 14.2. The topological polar surface area (TPSA) is 87.2 Å². The molecule has 3 heterocycles. The molecule has 1 fully saturated rings. The van der Waals surface area contributed by atoms with Crippen molar-refractivity contribution in [1.29, 1.82) is 0 Å². The molecule has 1 aliphatic carbocycles. The minimum absolute atomic E-state index is 0.0238. The van der Waals surface area contributed by atoms with Gasteiger partial charge in [-0.25, -0.2) is 0 Å². The van der Waals surface area contributed by atoms with Crippen molar-refractivity contribution >= 4 is 50.5 Å². The predicted molar refractivity (Wildman–Crippen MR) is 183 cm³/mol. The van der Waals surface area contributed by atoms with Crippen molar-refractivity contribution in [2.45, 2.75) is 32.7 Å². The van der Waals surface area contributed by atoms with Gasteiger partial charge in [-0.3, -0.25) is 9.59 Å². The zero-order valence-corrected chi connectivity index (χ0v) is 27.5. The molecule has 4 aromatic rings. The van der Waals surface area contributed by atoms with Gasteiger partial charge in [-0.05, 0) is 65.3 Å². The molecule has 2 aliphatic heterocycles. The Balaban J connectivity index is 1.24. The van der Waals surface area contributed by atoms with Crippen LogP contribution in [0.2, 0.25) is 0 Å². The number of ketones is 1. The smallest absolute Gasteiger partial charge is 0.242 e. The fourth-order valence-corrected chi connectivity index (χ4v) is 7.91. The first kappa shape index (κ1) is 30.1. The number of amides is 1. The van der Waals surface area contributed by atoms with Gasteiger partial charge < -0.3 is 29.5 Å². The van der Waals surface area contributed by atoms with Gasteiger partial charge in [-0.15, -0.1) is 0 Å². The second-order valence-electron chi connectivity index (χ2n) is 13.0. The molecular weight excluding hydrogens is 598 g/mol. The summed E-state index contributed by atoms with van der Waals surface area (Å²) in [6.07, 6.45) is 1.16. The quantitative estimate of drug-likeness (QED) is 0.265. The van der Waals surface area contributed by atoms with Crippen LogP contribution in [0.3, 0.4) is 0 Å². The van der Waals surface area contributed by atoms with Crippen molar-refractivity contribution in [3.63, 3.8) is 0 Å². The van der Waals surface area contributed by atoms with E-state index in [1.165, 1.54) is 16.2 Å². The summed E-state index contributed by atoms with van der Waals surface area (Å²) in [5, 5.41) is 4.80. The van der Waals surface area contributed by atoms with Gasteiger partial charge in [0.15, 0.2) is 17.3 Å². The summed E-state index contributed by atoms with van der Waals surface area (Å²) in [5.41, 5.74) is 4.06. The first-order chi connectivity index (χ1) is 22.3. The third-order valence-corrected chi connectivity index (χ3v) is 10.1. The van der Waals surface area contributed by atoms with Gasteiger partial charge in [-0.2, -0.15) is 4.37 Å². The summed E-state index contributed by atoms with van der Waals surface area (Å²) < 4.78 is 17.1. The largest absolute Gasteiger partial charge is 0.493 e. The third kappa shape index (κ3) is 5.44. The Kier molecular flexibility index (Phi) is 7.84. The molecule has 3 aliphatic rings. The summed E-state index contributed by atoms with van der Waals surface area (Å²) in [7, 11) is 3.22. The number of nitrogens with zero attached hydrogens (tertiary/aromatic N) is 4. The van der Waals surface area contributed by atoms with Crippen LogP contribution in [0.1, 0.15) is 38.3 Å². The zero-order valence-electron chi connectivity index (χ0n) is 26.7. The van der Waals surface area contributed by atoms with Crippen LogP contribution in [-0.4, -0.2) is 67.9 Å². The number of hydrogen-bond acceptors (Lipinski definition) is 9. The Morgan fingerprint density at radius 3 is 2.48 bits per heavy atom. The van der Waals surface area contributed by atoms with Gasteiger partial charge in [0.25, 0.3) is 0 Å². The van der Waals surface area contributed by atoms with Crippen molar-refractivity contribution in [3.8, 4) is 11.5 Å². The average Bonchev–Trinajstić information content (AvgIpc) is 3.44. The molecular formula is C36H39N5O4S. The minimum Gasteiger partial charge on any atom is -0.493 e. The molecule has 1 unspecified atom stereocenters. The number of Topliss-reactive ketones (excluding diaryl/α,β-unsaturated/α-hetero) is 1. The van der Waals surface area contributed by atoms with E-state index in [1.807, 2.05) is 59.5 Å². The predicted octanol–water partition coefficient (Wildman–Crippen LogP) is 6.28. The number of allylic oxidation sites excluding steroid dienone is 1. The normalized spacial score (nSPS) is 19.3. The molecule has 0 bridgehead atoms. The fourth-order valence-electron chi connectivity index (χ4n) is 7.11. The molecule has 3 aromatic carbocycles.